The number of ether oxygens (including phenoxy) is 2. The predicted octanol–water partition coefficient (Wildman–Crippen LogP) is 1.28. The largest absolute Gasteiger partial charge is 0.465 e. The molecule has 1 saturated heterocycles. The van der Waals surface area contributed by atoms with Crippen molar-refractivity contribution in [3.8, 4) is 0 Å². The highest BCUT2D eigenvalue weighted by molar-refractivity contribution is 5.74. The van der Waals surface area contributed by atoms with Gasteiger partial charge in [-0.2, -0.15) is 0 Å². The zero-order valence-corrected chi connectivity index (χ0v) is 10.6. The van der Waals surface area contributed by atoms with Crippen LogP contribution < -0.4 is 5.32 Å². The number of anilines is 1. The fraction of sp³-hybridized carbons (Fsp3) is 0.667. The number of imidazole rings is 1. The van der Waals surface area contributed by atoms with Gasteiger partial charge in [0.1, 0.15) is 6.54 Å². The lowest BCUT2D eigenvalue weighted by atomic mass is 9.97. The first-order valence-electron chi connectivity index (χ1n) is 6.31. The number of rotatable bonds is 5. The van der Waals surface area contributed by atoms with E-state index in [1.165, 1.54) is 0 Å². The van der Waals surface area contributed by atoms with Gasteiger partial charge in [-0.05, 0) is 19.8 Å². The monoisotopic (exact) mass is 253 g/mol. The molecule has 0 spiro atoms. The first-order chi connectivity index (χ1) is 8.79. The summed E-state index contributed by atoms with van der Waals surface area (Å²) in [7, 11) is 0. The number of aromatic amines is 1. The van der Waals surface area contributed by atoms with Crippen molar-refractivity contribution in [2.24, 2.45) is 0 Å². The summed E-state index contributed by atoms with van der Waals surface area (Å²) in [5.41, 5.74) is 1.10. The van der Waals surface area contributed by atoms with Gasteiger partial charge in [-0.3, -0.25) is 4.79 Å². The number of aromatic nitrogens is 2. The molecule has 2 N–H and O–H groups in total. The van der Waals surface area contributed by atoms with Gasteiger partial charge in [0.15, 0.2) is 0 Å². The minimum Gasteiger partial charge on any atom is -0.465 e. The number of H-pyrrole nitrogens is 1. The van der Waals surface area contributed by atoms with Crippen molar-refractivity contribution < 1.29 is 14.3 Å². The molecule has 0 amide bonds. The quantitative estimate of drug-likeness (QED) is 0.773. The SMILES string of the molecule is CCOC(=O)CNc1ncc(C2CCOCC2)[nH]1. The van der Waals surface area contributed by atoms with Gasteiger partial charge in [0.05, 0.1) is 12.8 Å². The van der Waals surface area contributed by atoms with E-state index in [0.717, 1.165) is 31.7 Å². The molecule has 0 unspecified atom stereocenters. The van der Waals surface area contributed by atoms with Gasteiger partial charge in [0, 0.05) is 24.8 Å². The van der Waals surface area contributed by atoms with Crippen LogP contribution in [0.5, 0.6) is 0 Å². The number of esters is 1. The third kappa shape index (κ3) is 3.46. The first-order valence-corrected chi connectivity index (χ1v) is 6.31. The molecule has 0 aromatic carbocycles. The number of hydrogen-bond donors (Lipinski definition) is 2. The average Bonchev–Trinajstić information content (AvgIpc) is 2.87. The van der Waals surface area contributed by atoms with Crippen LogP contribution >= 0.6 is 0 Å². The van der Waals surface area contributed by atoms with E-state index in [2.05, 4.69) is 15.3 Å². The highest BCUT2D eigenvalue weighted by Crippen LogP contribution is 2.25. The maximum atomic E-state index is 11.2. The third-order valence-electron chi connectivity index (χ3n) is 2.96. The number of carbonyl (C=O) groups excluding carboxylic acids is 1. The Morgan fingerprint density at radius 3 is 3.11 bits per heavy atom. The van der Waals surface area contributed by atoms with Gasteiger partial charge in [0.25, 0.3) is 0 Å². The van der Waals surface area contributed by atoms with E-state index in [1.807, 2.05) is 6.20 Å². The molecule has 0 aliphatic carbocycles. The average molecular weight is 253 g/mol. The maximum Gasteiger partial charge on any atom is 0.325 e. The smallest absolute Gasteiger partial charge is 0.325 e. The van der Waals surface area contributed by atoms with Crippen molar-refractivity contribution in [1.29, 1.82) is 0 Å². The molecule has 0 bridgehead atoms. The minimum absolute atomic E-state index is 0.134. The molecule has 6 heteroatoms. The summed E-state index contributed by atoms with van der Waals surface area (Å²) in [4.78, 5) is 18.6. The second-order valence-electron chi connectivity index (χ2n) is 4.23. The zero-order chi connectivity index (χ0) is 12.8. The van der Waals surface area contributed by atoms with Crippen molar-refractivity contribution in [1.82, 2.24) is 9.97 Å². The van der Waals surface area contributed by atoms with Crippen LogP contribution in [0, 0.1) is 0 Å². The van der Waals surface area contributed by atoms with E-state index < -0.39 is 0 Å². The van der Waals surface area contributed by atoms with Crippen molar-refractivity contribution >= 4 is 11.9 Å². The van der Waals surface area contributed by atoms with E-state index in [1.54, 1.807) is 6.92 Å². The molecule has 6 nitrogen and oxygen atoms in total. The standard InChI is InChI=1S/C12H19N3O3/c1-2-18-11(16)8-14-12-13-7-10(15-12)9-3-5-17-6-4-9/h7,9H,2-6,8H2,1H3,(H2,13,14,15). The number of nitrogens with zero attached hydrogens (tertiary/aromatic N) is 1. The lowest BCUT2D eigenvalue weighted by Crippen LogP contribution is -2.17. The molecule has 2 rings (SSSR count). The van der Waals surface area contributed by atoms with Crippen molar-refractivity contribution in [2.75, 3.05) is 31.7 Å². The normalized spacial score (nSPS) is 16.5. The summed E-state index contributed by atoms with van der Waals surface area (Å²) in [6.07, 6.45) is 3.85. The Morgan fingerprint density at radius 1 is 1.61 bits per heavy atom. The molecule has 1 aromatic rings. The summed E-state index contributed by atoms with van der Waals surface area (Å²) in [5, 5.41) is 2.92. The summed E-state index contributed by atoms with van der Waals surface area (Å²) in [6.45, 7) is 3.92. The molecule has 0 radical (unpaired) electrons. The second-order valence-corrected chi connectivity index (χ2v) is 4.23. The summed E-state index contributed by atoms with van der Waals surface area (Å²) < 4.78 is 10.1. The molecular formula is C12H19N3O3. The van der Waals surface area contributed by atoms with Crippen LogP contribution in [0.4, 0.5) is 5.95 Å². The lowest BCUT2D eigenvalue weighted by molar-refractivity contribution is -0.140. The Labute approximate surface area is 106 Å². The fourth-order valence-electron chi connectivity index (χ4n) is 2.01. The van der Waals surface area contributed by atoms with Crippen LogP contribution in [-0.4, -0.2) is 42.3 Å². The third-order valence-corrected chi connectivity index (χ3v) is 2.96. The summed E-state index contributed by atoms with van der Waals surface area (Å²) >= 11 is 0. The summed E-state index contributed by atoms with van der Waals surface area (Å²) in [6, 6.07) is 0. The van der Waals surface area contributed by atoms with Crippen molar-refractivity contribution in [3.05, 3.63) is 11.9 Å². The van der Waals surface area contributed by atoms with Crippen molar-refractivity contribution in [2.45, 2.75) is 25.7 Å². The van der Waals surface area contributed by atoms with Crippen LogP contribution in [0.1, 0.15) is 31.4 Å². The summed E-state index contributed by atoms with van der Waals surface area (Å²) in [5.74, 6) is 0.815. The maximum absolute atomic E-state index is 11.2. The Bertz CT molecular complexity index is 386. The van der Waals surface area contributed by atoms with E-state index in [0.29, 0.717) is 18.5 Å². The van der Waals surface area contributed by atoms with E-state index >= 15 is 0 Å². The molecular weight excluding hydrogens is 234 g/mol. The van der Waals surface area contributed by atoms with Crippen LogP contribution in [0.15, 0.2) is 6.20 Å². The van der Waals surface area contributed by atoms with Crippen LogP contribution in [0.2, 0.25) is 0 Å². The molecule has 1 aromatic heterocycles. The Balaban J connectivity index is 1.83. The molecule has 18 heavy (non-hydrogen) atoms. The molecule has 1 fully saturated rings. The van der Waals surface area contributed by atoms with E-state index in [-0.39, 0.29) is 12.5 Å². The molecule has 100 valence electrons. The highest BCUT2D eigenvalue weighted by Gasteiger charge is 2.18. The lowest BCUT2D eigenvalue weighted by Gasteiger charge is -2.20. The topological polar surface area (TPSA) is 76.2 Å². The molecule has 1 aliphatic heterocycles. The predicted molar refractivity (Wildman–Crippen MR) is 66.5 cm³/mol. The minimum atomic E-state index is -0.276. The van der Waals surface area contributed by atoms with Gasteiger partial charge in [-0.25, -0.2) is 4.98 Å². The van der Waals surface area contributed by atoms with Gasteiger partial charge in [0.2, 0.25) is 5.95 Å². The zero-order valence-electron chi connectivity index (χ0n) is 10.6. The molecule has 0 saturated carbocycles. The Kier molecular flexibility index (Phi) is 4.58. The first kappa shape index (κ1) is 12.9. The second kappa shape index (κ2) is 6.39. The fourth-order valence-corrected chi connectivity index (χ4v) is 2.01. The van der Waals surface area contributed by atoms with Gasteiger partial charge in [-0.15, -0.1) is 0 Å². The van der Waals surface area contributed by atoms with Crippen LogP contribution in [-0.2, 0) is 14.3 Å². The number of carbonyl (C=O) groups is 1. The van der Waals surface area contributed by atoms with E-state index in [4.69, 9.17) is 9.47 Å². The van der Waals surface area contributed by atoms with Crippen molar-refractivity contribution in [3.63, 3.8) is 0 Å². The number of nitrogens with one attached hydrogen (secondary N) is 2. The number of hydrogen-bond acceptors (Lipinski definition) is 5. The van der Waals surface area contributed by atoms with Gasteiger partial charge < -0.3 is 19.8 Å². The van der Waals surface area contributed by atoms with Crippen LogP contribution in [0.3, 0.4) is 0 Å². The molecule has 0 atom stereocenters. The van der Waals surface area contributed by atoms with Crippen LogP contribution in [0.25, 0.3) is 0 Å². The molecule has 2 heterocycles. The Hall–Kier alpha value is -1.56. The Morgan fingerprint density at radius 2 is 2.39 bits per heavy atom. The van der Waals surface area contributed by atoms with Gasteiger partial charge >= 0.3 is 5.97 Å². The van der Waals surface area contributed by atoms with Gasteiger partial charge in [-0.1, -0.05) is 0 Å². The van der Waals surface area contributed by atoms with E-state index in [9.17, 15) is 4.79 Å². The highest BCUT2D eigenvalue weighted by atomic mass is 16.5. The molecule has 1 aliphatic rings.